The van der Waals surface area contributed by atoms with E-state index in [0.29, 0.717) is 83.7 Å². The van der Waals surface area contributed by atoms with Gasteiger partial charge in [-0.3, -0.25) is 9.69 Å². The minimum absolute atomic E-state index is 0.137. The molecule has 2 aliphatic heterocycles. The van der Waals surface area contributed by atoms with Crippen molar-refractivity contribution in [3.05, 3.63) is 63.8 Å². The van der Waals surface area contributed by atoms with Gasteiger partial charge in [0, 0.05) is 76.3 Å². The third-order valence-electron chi connectivity index (χ3n) is 7.77. The first-order valence-corrected chi connectivity index (χ1v) is 14.8. The Balaban J connectivity index is 1.48. The molecule has 3 aromatic rings. The van der Waals surface area contributed by atoms with Gasteiger partial charge in [-0.15, -0.1) is 0 Å². The van der Waals surface area contributed by atoms with Crippen molar-refractivity contribution in [2.45, 2.75) is 26.4 Å². The summed E-state index contributed by atoms with van der Waals surface area (Å²) in [6.07, 6.45) is 1.26. The van der Waals surface area contributed by atoms with Crippen molar-refractivity contribution in [1.29, 1.82) is 0 Å². The first-order chi connectivity index (χ1) is 20.8. The fraction of sp³-hybridized carbons (Fsp3) is 0.406. The highest BCUT2D eigenvalue weighted by molar-refractivity contribution is 6.34. The number of hydrogen-bond donors (Lipinski definition) is 0. The highest BCUT2D eigenvalue weighted by Gasteiger charge is 2.29. The number of methoxy groups -OCH3 is 1. The third kappa shape index (κ3) is 6.19. The summed E-state index contributed by atoms with van der Waals surface area (Å²) < 4.78 is 28.0. The Kier molecular flexibility index (Phi) is 8.53. The molecule has 0 bridgehead atoms. The molecule has 2 aromatic carbocycles. The summed E-state index contributed by atoms with van der Waals surface area (Å²) >= 11 is 6.65. The van der Waals surface area contributed by atoms with E-state index in [-0.39, 0.29) is 17.7 Å². The number of hydrogen-bond acceptors (Lipinski definition) is 6. The number of pyridine rings is 1. The van der Waals surface area contributed by atoms with Gasteiger partial charge in [0.15, 0.2) is 0 Å². The third-order valence-corrected chi connectivity index (χ3v) is 8.07. The Morgan fingerprint density at radius 1 is 0.886 bits per heavy atom. The smallest absolute Gasteiger partial charge is 0.410 e. The minimum atomic E-state index is -0.599. The van der Waals surface area contributed by atoms with Crippen LogP contribution in [0.25, 0.3) is 22.3 Å². The standard InChI is InChI=1S/C32H37ClFN5O5/c1-32(2,3)44-31(42)38-12-10-37(11-13-38)27-16-21(19-36(5)29(27)40)24-18-22(34)17-23(28(24)43-6)20-7-8-26(25(33)15-20)39-14-9-35(4)30(39)41/h7-8,15-19H,9-14H2,1-6H3. The normalized spacial score (nSPS) is 15.7. The van der Waals surface area contributed by atoms with Crippen LogP contribution >= 0.6 is 11.6 Å². The van der Waals surface area contributed by atoms with E-state index in [2.05, 4.69) is 0 Å². The highest BCUT2D eigenvalue weighted by Crippen LogP contribution is 2.42. The molecule has 12 heteroatoms. The fourth-order valence-electron chi connectivity index (χ4n) is 5.53. The van der Waals surface area contributed by atoms with E-state index in [1.165, 1.54) is 23.8 Å². The number of carbonyl (C=O) groups excluding carboxylic acids is 2. The van der Waals surface area contributed by atoms with Gasteiger partial charge in [0.05, 0.1) is 17.8 Å². The van der Waals surface area contributed by atoms with Crippen LogP contribution in [-0.4, -0.2) is 85.5 Å². The number of nitrogens with zero attached hydrogens (tertiary/aromatic N) is 5. The van der Waals surface area contributed by atoms with Gasteiger partial charge >= 0.3 is 12.1 Å². The van der Waals surface area contributed by atoms with E-state index in [1.807, 2.05) is 25.7 Å². The zero-order valence-corrected chi connectivity index (χ0v) is 26.6. The molecule has 234 valence electrons. The van der Waals surface area contributed by atoms with E-state index >= 15 is 4.39 Å². The summed E-state index contributed by atoms with van der Waals surface area (Å²) in [5.74, 6) is -0.0831. The second kappa shape index (κ2) is 12.0. The second-order valence-electron chi connectivity index (χ2n) is 12.0. The molecule has 0 radical (unpaired) electrons. The lowest BCUT2D eigenvalue weighted by atomic mass is 9.97. The van der Waals surface area contributed by atoms with Gasteiger partial charge in [0.25, 0.3) is 5.56 Å². The van der Waals surface area contributed by atoms with E-state index in [1.54, 1.807) is 59.3 Å². The second-order valence-corrected chi connectivity index (χ2v) is 12.4. The molecule has 3 heterocycles. The van der Waals surface area contributed by atoms with Crippen LogP contribution in [0.2, 0.25) is 5.02 Å². The molecule has 0 aliphatic carbocycles. The van der Waals surface area contributed by atoms with Crippen LogP contribution in [0.1, 0.15) is 20.8 Å². The molecule has 2 aliphatic rings. The predicted octanol–water partition coefficient (Wildman–Crippen LogP) is 5.45. The summed E-state index contributed by atoms with van der Waals surface area (Å²) in [6, 6.07) is 9.58. The minimum Gasteiger partial charge on any atom is -0.495 e. The maximum atomic E-state index is 15.2. The van der Waals surface area contributed by atoms with Crippen molar-refractivity contribution < 1.29 is 23.5 Å². The van der Waals surface area contributed by atoms with Gasteiger partial charge in [-0.1, -0.05) is 17.7 Å². The number of amides is 3. The molecule has 0 spiro atoms. The van der Waals surface area contributed by atoms with Gasteiger partial charge in [0.2, 0.25) is 0 Å². The Hall–Kier alpha value is -4.25. The first kappa shape index (κ1) is 31.2. The lowest BCUT2D eigenvalue weighted by molar-refractivity contribution is 0.0240. The average molecular weight is 626 g/mol. The van der Waals surface area contributed by atoms with Gasteiger partial charge in [-0.25, -0.2) is 14.0 Å². The van der Waals surface area contributed by atoms with Gasteiger partial charge < -0.3 is 28.7 Å². The molecule has 1 aromatic heterocycles. The van der Waals surface area contributed by atoms with Crippen LogP contribution in [-0.2, 0) is 11.8 Å². The number of carbonyl (C=O) groups is 2. The molecule has 10 nitrogen and oxygen atoms in total. The molecule has 0 N–H and O–H groups in total. The number of halogens is 2. The average Bonchev–Trinajstić information content (AvgIpc) is 3.30. The number of ether oxygens (including phenoxy) is 2. The van der Waals surface area contributed by atoms with Crippen LogP contribution in [0.4, 0.5) is 25.4 Å². The first-order valence-electron chi connectivity index (χ1n) is 14.4. The maximum absolute atomic E-state index is 15.2. The van der Waals surface area contributed by atoms with Crippen LogP contribution in [0.5, 0.6) is 5.75 Å². The molecule has 2 fully saturated rings. The van der Waals surface area contributed by atoms with Crippen molar-refractivity contribution in [1.82, 2.24) is 14.4 Å². The van der Waals surface area contributed by atoms with Gasteiger partial charge in [-0.05, 0) is 56.7 Å². The lowest BCUT2D eigenvalue weighted by Crippen LogP contribution is -2.51. The van der Waals surface area contributed by atoms with Crippen molar-refractivity contribution in [2.75, 3.05) is 63.2 Å². The Morgan fingerprint density at radius 3 is 2.11 bits per heavy atom. The fourth-order valence-corrected chi connectivity index (χ4v) is 5.81. The molecular weight excluding hydrogens is 589 g/mol. The number of aryl methyl sites for hydroxylation is 1. The zero-order valence-electron chi connectivity index (χ0n) is 25.8. The number of aromatic nitrogens is 1. The molecule has 5 rings (SSSR count). The van der Waals surface area contributed by atoms with Crippen molar-refractivity contribution in [3.63, 3.8) is 0 Å². The summed E-state index contributed by atoms with van der Waals surface area (Å²) in [4.78, 5) is 45.1. The Labute approximate surface area is 261 Å². The van der Waals surface area contributed by atoms with Gasteiger partial charge in [-0.2, -0.15) is 0 Å². The number of likely N-dealkylation sites (N-methyl/N-ethyl adjacent to an activating group) is 1. The molecule has 0 unspecified atom stereocenters. The molecular formula is C32H37ClFN5O5. The van der Waals surface area contributed by atoms with Gasteiger partial charge in [0.1, 0.15) is 22.9 Å². The van der Waals surface area contributed by atoms with Crippen molar-refractivity contribution in [2.24, 2.45) is 7.05 Å². The molecule has 0 saturated carbocycles. The summed E-state index contributed by atoms with van der Waals surface area (Å²) in [5, 5.41) is 0.355. The van der Waals surface area contributed by atoms with Crippen LogP contribution in [0, 0.1) is 5.82 Å². The number of anilines is 2. The van der Waals surface area contributed by atoms with Crippen LogP contribution in [0.15, 0.2) is 47.4 Å². The molecule has 3 amide bonds. The largest absolute Gasteiger partial charge is 0.495 e. The Morgan fingerprint density at radius 2 is 1.55 bits per heavy atom. The van der Waals surface area contributed by atoms with Crippen molar-refractivity contribution >= 4 is 35.1 Å². The number of urea groups is 1. The quantitative estimate of drug-likeness (QED) is 0.375. The van der Waals surface area contributed by atoms with Crippen LogP contribution < -0.4 is 20.1 Å². The number of piperazine rings is 1. The number of rotatable bonds is 5. The predicted molar refractivity (Wildman–Crippen MR) is 169 cm³/mol. The summed E-state index contributed by atoms with van der Waals surface area (Å²) in [5.41, 5.74) is 2.34. The lowest BCUT2D eigenvalue weighted by Gasteiger charge is -2.36. The maximum Gasteiger partial charge on any atom is 0.410 e. The SMILES string of the molecule is COc1c(-c2ccc(N3CCN(C)C3=O)c(Cl)c2)cc(F)cc1-c1cc(N2CCN(C(=O)OC(C)(C)C)CC2)c(=O)n(C)c1. The molecule has 2 saturated heterocycles. The number of benzene rings is 2. The van der Waals surface area contributed by atoms with E-state index in [9.17, 15) is 14.4 Å². The topological polar surface area (TPSA) is 87.6 Å². The highest BCUT2D eigenvalue weighted by atomic mass is 35.5. The van der Waals surface area contributed by atoms with E-state index < -0.39 is 11.4 Å². The van der Waals surface area contributed by atoms with Crippen LogP contribution in [0.3, 0.4) is 0 Å². The van der Waals surface area contributed by atoms with Crippen molar-refractivity contribution in [3.8, 4) is 28.0 Å². The zero-order chi connectivity index (χ0) is 31.9. The molecule has 44 heavy (non-hydrogen) atoms. The summed E-state index contributed by atoms with van der Waals surface area (Å²) in [6.45, 7) is 8.24. The monoisotopic (exact) mass is 625 g/mol. The molecule has 0 atom stereocenters. The van der Waals surface area contributed by atoms with E-state index in [4.69, 9.17) is 21.1 Å². The van der Waals surface area contributed by atoms with E-state index in [0.717, 1.165) is 0 Å². The Bertz CT molecular complexity index is 1660. The summed E-state index contributed by atoms with van der Waals surface area (Å²) in [7, 11) is 4.89.